The minimum Gasteiger partial charge on any atom is -0.480 e. The van der Waals surface area contributed by atoms with Gasteiger partial charge in [-0.2, -0.15) is 5.10 Å². The van der Waals surface area contributed by atoms with Crippen molar-refractivity contribution in [3.05, 3.63) is 41.5 Å². The number of nitrogens with zero attached hydrogens (tertiary/aromatic N) is 3. The molecule has 126 valence electrons. The van der Waals surface area contributed by atoms with Gasteiger partial charge in [-0.1, -0.05) is 25.1 Å². The Hall–Kier alpha value is -2.41. The van der Waals surface area contributed by atoms with Crippen LogP contribution in [0.3, 0.4) is 0 Å². The van der Waals surface area contributed by atoms with Gasteiger partial charge >= 0.3 is 0 Å². The molecule has 3 heterocycles. The number of H-pyrrole nitrogens is 1. The van der Waals surface area contributed by atoms with E-state index in [4.69, 9.17) is 9.47 Å². The van der Waals surface area contributed by atoms with E-state index in [9.17, 15) is 4.79 Å². The van der Waals surface area contributed by atoms with Crippen LogP contribution in [-0.4, -0.2) is 51.8 Å². The third kappa shape index (κ3) is 2.54. The number of para-hydroxylation sites is 1. The minimum atomic E-state index is -0.477. The fraction of sp³-hybridized carbons (Fsp3) is 0.471. The lowest BCUT2D eigenvalue weighted by molar-refractivity contribution is -0.146. The summed E-state index contributed by atoms with van der Waals surface area (Å²) in [6.07, 6.45) is -0.776. The molecule has 1 saturated heterocycles. The van der Waals surface area contributed by atoms with Crippen LogP contribution in [0.15, 0.2) is 24.3 Å². The molecule has 0 radical (unpaired) electrons. The molecule has 1 amide bonds. The number of carbonyl (C=O) groups is 1. The molecule has 7 heteroatoms. The molecule has 2 aliphatic heterocycles. The smallest absolute Gasteiger partial charge is 0.264 e. The largest absolute Gasteiger partial charge is 0.480 e. The van der Waals surface area contributed by atoms with Gasteiger partial charge in [0.1, 0.15) is 17.7 Å². The van der Waals surface area contributed by atoms with Crippen LogP contribution < -0.4 is 4.74 Å². The summed E-state index contributed by atoms with van der Waals surface area (Å²) in [5.41, 5.74) is 1.09. The molecule has 0 unspecified atom stereocenters. The second-order valence-electron chi connectivity index (χ2n) is 6.29. The number of aryl methyl sites for hydroxylation is 1. The van der Waals surface area contributed by atoms with Crippen molar-refractivity contribution in [2.75, 3.05) is 19.7 Å². The number of aromatic nitrogens is 3. The molecule has 1 aromatic heterocycles. The molecule has 2 aliphatic rings. The number of nitrogens with one attached hydrogen (secondary N) is 1. The Morgan fingerprint density at radius 2 is 2.21 bits per heavy atom. The first-order chi connectivity index (χ1) is 11.6. The molecule has 1 N–H and O–H groups in total. The van der Waals surface area contributed by atoms with E-state index >= 15 is 0 Å². The van der Waals surface area contributed by atoms with Gasteiger partial charge < -0.3 is 14.4 Å². The Morgan fingerprint density at radius 1 is 1.38 bits per heavy atom. The second kappa shape index (κ2) is 5.90. The molecule has 1 aromatic carbocycles. The highest BCUT2D eigenvalue weighted by atomic mass is 16.5. The lowest BCUT2D eigenvalue weighted by Gasteiger charge is -2.33. The lowest BCUT2D eigenvalue weighted by Crippen LogP contribution is -2.48. The summed E-state index contributed by atoms with van der Waals surface area (Å²) in [6.45, 7) is 5.34. The van der Waals surface area contributed by atoms with Crippen molar-refractivity contribution in [3.8, 4) is 5.75 Å². The Kier molecular flexibility index (Phi) is 3.72. The van der Waals surface area contributed by atoms with Crippen molar-refractivity contribution in [2.24, 2.45) is 0 Å². The number of hydrogen-bond donors (Lipinski definition) is 1. The highest BCUT2D eigenvalue weighted by Gasteiger charge is 2.40. The Bertz CT molecular complexity index is 760. The van der Waals surface area contributed by atoms with Gasteiger partial charge in [0, 0.05) is 18.0 Å². The van der Waals surface area contributed by atoms with E-state index in [1.165, 1.54) is 0 Å². The number of amides is 1. The summed E-state index contributed by atoms with van der Waals surface area (Å²) in [7, 11) is 0. The maximum absolute atomic E-state index is 13.0. The standard InChI is InChI=1S/C17H20N4O3/c1-10-12-5-3-4-6-13(12)24-15(10)17(22)21-7-8-23-14(9-21)16-18-11(2)19-20-16/h3-6,10,14-15H,7-9H2,1-2H3,(H,18,19,20)/t10-,14+,15-/m1/s1. The molecule has 0 aliphatic carbocycles. The van der Waals surface area contributed by atoms with Crippen LogP contribution in [0, 0.1) is 6.92 Å². The van der Waals surface area contributed by atoms with E-state index in [1.54, 1.807) is 4.90 Å². The Labute approximate surface area is 140 Å². The number of fused-ring (bicyclic) bond motifs is 1. The van der Waals surface area contributed by atoms with Crippen molar-refractivity contribution in [3.63, 3.8) is 0 Å². The van der Waals surface area contributed by atoms with Gasteiger partial charge in [-0.3, -0.25) is 9.89 Å². The highest BCUT2D eigenvalue weighted by molar-refractivity contribution is 5.83. The number of benzene rings is 1. The summed E-state index contributed by atoms with van der Waals surface area (Å²) >= 11 is 0. The van der Waals surface area contributed by atoms with Crippen LogP contribution in [0.4, 0.5) is 0 Å². The van der Waals surface area contributed by atoms with Crippen LogP contribution >= 0.6 is 0 Å². The van der Waals surface area contributed by atoms with E-state index in [2.05, 4.69) is 15.2 Å². The predicted octanol–water partition coefficient (Wildman–Crippen LogP) is 1.58. The molecule has 2 aromatic rings. The quantitative estimate of drug-likeness (QED) is 0.905. The molecular weight excluding hydrogens is 308 g/mol. The number of ether oxygens (including phenoxy) is 2. The first-order valence-corrected chi connectivity index (χ1v) is 8.18. The third-order valence-corrected chi connectivity index (χ3v) is 4.64. The van der Waals surface area contributed by atoms with E-state index in [1.807, 2.05) is 38.1 Å². The average Bonchev–Trinajstić information content (AvgIpc) is 3.19. The van der Waals surface area contributed by atoms with E-state index in [-0.39, 0.29) is 17.9 Å². The van der Waals surface area contributed by atoms with Gasteiger partial charge in [-0.15, -0.1) is 0 Å². The first kappa shape index (κ1) is 15.1. The average molecular weight is 328 g/mol. The van der Waals surface area contributed by atoms with Crippen molar-refractivity contribution >= 4 is 5.91 Å². The highest BCUT2D eigenvalue weighted by Crippen LogP contribution is 2.38. The monoisotopic (exact) mass is 328 g/mol. The number of carbonyl (C=O) groups excluding carboxylic acids is 1. The van der Waals surface area contributed by atoms with Crippen molar-refractivity contribution < 1.29 is 14.3 Å². The van der Waals surface area contributed by atoms with Crippen molar-refractivity contribution in [1.82, 2.24) is 20.1 Å². The zero-order valence-electron chi connectivity index (χ0n) is 13.7. The zero-order valence-corrected chi connectivity index (χ0v) is 13.7. The van der Waals surface area contributed by atoms with Crippen molar-refractivity contribution in [2.45, 2.75) is 32.0 Å². The van der Waals surface area contributed by atoms with Gasteiger partial charge in [-0.05, 0) is 13.0 Å². The SMILES string of the molecule is Cc1nc([C@@H]2CN(C(=O)[C@@H]3Oc4ccccc4[C@H]3C)CCO2)n[nH]1. The second-order valence-corrected chi connectivity index (χ2v) is 6.29. The molecule has 0 bridgehead atoms. The maximum atomic E-state index is 13.0. The van der Waals surface area contributed by atoms with Gasteiger partial charge in [0.2, 0.25) is 0 Å². The lowest BCUT2D eigenvalue weighted by atomic mass is 9.96. The summed E-state index contributed by atoms with van der Waals surface area (Å²) in [4.78, 5) is 19.1. The van der Waals surface area contributed by atoms with Crippen LogP contribution in [0.1, 0.15) is 36.2 Å². The summed E-state index contributed by atoms with van der Waals surface area (Å²) in [5, 5.41) is 6.96. The van der Waals surface area contributed by atoms with Crippen LogP contribution in [0.2, 0.25) is 0 Å². The number of morpholine rings is 1. The van der Waals surface area contributed by atoms with Crippen LogP contribution in [-0.2, 0) is 9.53 Å². The summed E-state index contributed by atoms with van der Waals surface area (Å²) in [6, 6.07) is 7.83. The fourth-order valence-electron chi connectivity index (χ4n) is 3.32. The summed E-state index contributed by atoms with van der Waals surface area (Å²) in [5.74, 6) is 2.17. The topological polar surface area (TPSA) is 80.3 Å². The molecule has 1 fully saturated rings. The molecule has 3 atom stereocenters. The molecule has 24 heavy (non-hydrogen) atoms. The predicted molar refractivity (Wildman–Crippen MR) is 85.7 cm³/mol. The van der Waals surface area contributed by atoms with Crippen LogP contribution in [0.25, 0.3) is 0 Å². The van der Waals surface area contributed by atoms with E-state index in [0.717, 1.165) is 17.1 Å². The fourth-order valence-corrected chi connectivity index (χ4v) is 3.32. The van der Waals surface area contributed by atoms with Crippen LogP contribution in [0.5, 0.6) is 5.75 Å². The Balaban J connectivity index is 1.49. The van der Waals surface area contributed by atoms with Gasteiger partial charge in [0.15, 0.2) is 11.9 Å². The molecule has 4 rings (SSSR count). The molecular formula is C17H20N4O3. The maximum Gasteiger partial charge on any atom is 0.264 e. The van der Waals surface area contributed by atoms with E-state index < -0.39 is 6.10 Å². The summed E-state index contributed by atoms with van der Waals surface area (Å²) < 4.78 is 11.6. The number of rotatable bonds is 2. The normalized spacial score (nSPS) is 26.1. The number of aromatic amines is 1. The first-order valence-electron chi connectivity index (χ1n) is 8.18. The zero-order chi connectivity index (χ0) is 16.7. The minimum absolute atomic E-state index is 0.000687. The number of hydrogen-bond acceptors (Lipinski definition) is 5. The molecule has 7 nitrogen and oxygen atoms in total. The Morgan fingerprint density at radius 3 is 2.96 bits per heavy atom. The third-order valence-electron chi connectivity index (χ3n) is 4.64. The van der Waals surface area contributed by atoms with E-state index in [0.29, 0.717) is 25.5 Å². The van der Waals surface area contributed by atoms with Gasteiger partial charge in [0.05, 0.1) is 13.2 Å². The van der Waals surface area contributed by atoms with Gasteiger partial charge in [0.25, 0.3) is 5.91 Å². The van der Waals surface area contributed by atoms with Gasteiger partial charge in [-0.25, -0.2) is 4.98 Å². The molecule has 0 spiro atoms. The van der Waals surface area contributed by atoms with Crippen molar-refractivity contribution in [1.29, 1.82) is 0 Å². The molecule has 0 saturated carbocycles.